The molecule has 0 saturated carbocycles. The van der Waals surface area contributed by atoms with Gasteiger partial charge in [-0.25, -0.2) is 4.79 Å². The molecule has 0 spiro atoms. The van der Waals surface area contributed by atoms with Gasteiger partial charge in [-0.2, -0.15) is 0 Å². The molecule has 1 rings (SSSR count). The second-order valence-corrected chi connectivity index (χ2v) is 4.85. The van der Waals surface area contributed by atoms with Gasteiger partial charge in [0.2, 0.25) is 5.91 Å². The molecule has 0 aromatic rings. The fourth-order valence-corrected chi connectivity index (χ4v) is 2.34. The first kappa shape index (κ1) is 13.0. The summed E-state index contributed by atoms with van der Waals surface area (Å²) in [6, 6.07) is -0.746. The van der Waals surface area contributed by atoms with Crippen molar-refractivity contribution < 1.29 is 19.4 Å². The van der Waals surface area contributed by atoms with E-state index in [1.54, 1.807) is 0 Å². The van der Waals surface area contributed by atoms with Crippen molar-refractivity contribution in [2.24, 2.45) is 5.41 Å². The Balaban J connectivity index is 2.89. The van der Waals surface area contributed by atoms with E-state index in [9.17, 15) is 14.7 Å². The van der Waals surface area contributed by atoms with Crippen LogP contribution in [0.1, 0.15) is 26.7 Å². The summed E-state index contributed by atoms with van der Waals surface area (Å²) in [6.07, 6.45) is 1.66. The van der Waals surface area contributed by atoms with Crippen LogP contribution in [0.5, 0.6) is 0 Å². The van der Waals surface area contributed by atoms with Crippen LogP contribution >= 0.6 is 0 Å². The number of rotatable bonds is 3. The highest BCUT2D eigenvalue weighted by molar-refractivity contribution is 5.85. The van der Waals surface area contributed by atoms with Crippen LogP contribution in [0.4, 0.5) is 0 Å². The Labute approximate surface area is 95.4 Å². The van der Waals surface area contributed by atoms with Gasteiger partial charge in [-0.15, -0.1) is 0 Å². The molecule has 1 aliphatic heterocycles. The lowest BCUT2D eigenvalue weighted by molar-refractivity contribution is -0.160. The van der Waals surface area contributed by atoms with Crippen LogP contribution in [0.3, 0.4) is 0 Å². The number of hydrogen-bond donors (Lipinski definition) is 1. The Morgan fingerprint density at radius 3 is 2.62 bits per heavy atom. The smallest absolute Gasteiger partial charge is 0.326 e. The van der Waals surface area contributed by atoms with E-state index in [1.807, 2.05) is 13.8 Å². The van der Waals surface area contributed by atoms with Crippen LogP contribution in [0.25, 0.3) is 0 Å². The largest absolute Gasteiger partial charge is 0.480 e. The molecule has 1 atom stereocenters. The molecule has 1 heterocycles. The number of amides is 1. The number of aliphatic carboxylic acids is 1. The molecule has 0 aliphatic carbocycles. The third-order valence-electron chi connectivity index (χ3n) is 3.09. The highest BCUT2D eigenvalue weighted by Gasteiger charge is 2.44. The molecule has 5 heteroatoms. The Morgan fingerprint density at radius 2 is 2.12 bits per heavy atom. The third-order valence-corrected chi connectivity index (χ3v) is 3.09. The summed E-state index contributed by atoms with van der Waals surface area (Å²) in [6.45, 7) is 4.22. The molecule has 1 aliphatic rings. The monoisotopic (exact) mass is 229 g/mol. The highest BCUT2D eigenvalue weighted by Crippen LogP contribution is 2.35. The van der Waals surface area contributed by atoms with Gasteiger partial charge in [-0.05, 0) is 18.3 Å². The predicted octanol–water partition coefficient (Wildman–Crippen LogP) is 0.735. The summed E-state index contributed by atoms with van der Waals surface area (Å²) in [5, 5.41) is 9.23. The van der Waals surface area contributed by atoms with Crippen molar-refractivity contribution in [1.29, 1.82) is 0 Å². The zero-order valence-electron chi connectivity index (χ0n) is 10.0. The van der Waals surface area contributed by atoms with Crippen molar-refractivity contribution in [2.45, 2.75) is 32.7 Å². The van der Waals surface area contributed by atoms with Crippen molar-refractivity contribution in [3.8, 4) is 0 Å². The minimum absolute atomic E-state index is 0.0557. The molecular weight excluding hydrogens is 210 g/mol. The van der Waals surface area contributed by atoms with Crippen LogP contribution in [-0.2, 0) is 14.3 Å². The molecule has 16 heavy (non-hydrogen) atoms. The van der Waals surface area contributed by atoms with E-state index >= 15 is 0 Å². The lowest BCUT2D eigenvalue weighted by Gasteiger charge is -2.43. The van der Waals surface area contributed by atoms with E-state index in [2.05, 4.69) is 0 Å². The Hall–Kier alpha value is -1.10. The fraction of sp³-hybridized carbons (Fsp3) is 0.818. The van der Waals surface area contributed by atoms with Crippen LogP contribution in [0, 0.1) is 5.41 Å². The van der Waals surface area contributed by atoms with E-state index in [-0.39, 0.29) is 17.9 Å². The van der Waals surface area contributed by atoms with Gasteiger partial charge in [0, 0.05) is 13.7 Å². The third kappa shape index (κ3) is 2.52. The van der Waals surface area contributed by atoms with Gasteiger partial charge in [0.25, 0.3) is 0 Å². The number of carboxylic acids is 1. The number of likely N-dealkylation sites (tertiary alicyclic amines) is 1. The molecule has 1 amide bonds. The van der Waals surface area contributed by atoms with Crippen LogP contribution in [-0.4, -0.2) is 48.2 Å². The topological polar surface area (TPSA) is 66.8 Å². The number of carboxylic acid groups (broad SMARTS) is 1. The zero-order valence-corrected chi connectivity index (χ0v) is 10.0. The van der Waals surface area contributed by atoms with Crippen molar-refractivity contribution in [1.82, 2.24) is 4.90 Å². The Morgan fingerprint density at radius 1 is 1.50 bits per heavy atom. The summed E-state index contributed by atoms with van der Waals surface area (Å²) in [5.74, 6) is -1.18. The van der Waals surface area contributed by atoms with Gasteiger partial charge in [0.1, 0.15) is 12.6 Å². The number of carbonyl (C=O) groups is 2. The van der Waals surface area contributed by atoms with Gasteiger partial charge in [-0.1, -0.05) is 13.8 Å². The molecule has 92 valence electrons. The SMILES string of the molecule is COCC(=O)N1CCCC(C)(C)C1C(=O)O. The average molecular weight is 229 g/mol. The van der Waals surface area contributed by atoms with Gasteiger partial charge < -0.3 is 14.7 Å². The van der Waals surface area contributed by atoms with E-state index in [0.717, 1.165) is 12.8 Å². The average Bonchev–Trinajstić information content (AvgIpc) is 2.15. The number of methoxy groups -OCH3 is 1. The minimum atomic E-state index is -0.936. The van der Waals surface area contributed by atoms with E-state index in [0.29, 0.717) is 6.54 Å². The first-order valence-electron chi connectivity index (χ1n) is 5.41. The maximum Gasteiger partial charge on any atom is 0.326 e. The second-order valence-electron chi connectivity index (χ2n) is 4.85. The number of hydrogen-bond acceptors (Lipinski definition) is 3. The lowest BCUT2D eigenvalue weighted by atomic mass is 9.76. The second kappa shape index (κ2) is 4.82. The summed E-state index contributed by atoms with van der Waals surface area (Å²) in [5.41, 5.74) is -0.381. The zero-order chi connectivity index (χ0) is 12.3. The van der Waals surface area contributed by atoms with E-state index in [4.69, 9.17) is 4.74 Å². The molecule has 1 unspecified atom stereocenters. The van der Waals surface area contributed by atoms with Crippen molar-refractivity contribution >= 4 is 11.9 Å². The first-order valence-corrected chi connectivity index (χ1v) is 5.41. The summed E-state index contributed by atoms with van der Waals surface area (Å²) >= 11 is 0. The highest BCUT2D eigenvalue weighted by atomic mass is 16.5. The predicted molar refractivity (Wildman–Crippen MR) is 58.0 cm³/mol. The first-order chi connectivity index (χ1) is 7.40. The number of carbonyl (C=O) groups excluding carboxylic acids is 1. The maximum absolute atomic E-state index is 11.7. The summed E-state index contributed by atoms with van der Waals surface area (Å²) in [7, 11) is 1.43. The van der Waals surface area contributed by atoms with E-state index in [1.165, 1.54) is 12.0 Å². The van der Waals surface area contributed by atoms with Gasteiger partial charge in [0.05, 0.1) is 0 Å². The summed E-state index contributed by atoms with van der Waals surface area (Å²) in [4.78, 5) is 24.4. The number of nitrogens with zero attached hydrogens (tertiary/aromatic N) is 1. The molecule has 0 aromatic heterocycles. The van der Waals surface area contributed by atoms with Gasteiger partial charge in [0.15, 0.2) is 0 Å². The fourth-order valence-electron chi connectivity index (χ4n) is 2.34. The molecule has 1 saturated heterocycles. The maximum atomic E-state index is 11.7. The molecule has 1 N–H and O–H groups in total. The number of piperidine rings is 1. The van der Waals surface area contributed by atoms with Crippen LogP contribution < -0.4 is 0 Å². The molecule has 5 nitrogen and oxygen atoms in total. The van der Waals surface area contributed by atoms with Crippen LogP contribution in [0.2, 0.25) is 0 Å². The quantitative estimate of drug-likeness (QED) is 0.775. The normalized spacial score (nSPS) is 24.2. The molecule has 0 aromatic carbocycles. The van der Waals surface area contributed by atoms with Gasteiger partial charge >= 0.3 is 5.97 Å². The number of ether oxygens (including phenoxy) is 1. The summed E-state index contributed by atoms with van der Waals surface area (Å²) < 4.78 is 4.77. The minimum Gasteiger partial charge on any atom is -0.480 e. The van der Waals surface area contributed by atoms with Gasteiger partial charge in [-0.3, -0.25) is 4.79 Å². The van der Waals surface area contributed by atoms with Crippen molar-refractivity contribution in [2.75, 3.05) is 20.3 Å². The van der Waals surface area contributed by atoms with E-state index < -0.39 is 12.0 Å². The Bertz CT molecular complexity index is 288. The molecule has 1 fully saturated rings. The van der Waals surface area contributed by atoms with Crippen LogP contribution in [0.15, 0.2) is 0 Å². The molecule has 0 bridgehead atoms. The standard InChI is InChI=1S/C11H19NO4/c1-11(2)5-4-6-12(8(13)7-16-3)9(11)10(14)15/h9H,4-7H2,1-3H3,(H,14,15). The van der Waals surface area contributed by atoms with Crippen molar-refractivity contribution in [3.63, 3.8) is 0 Å². The van der Waals surface area contributed by atoms with Crippen molar-refractivity contribution in [3.05, 3.63) is 0 Å². The Kier molecular flexibility index (Phi) is 3.91. The molecular formula is C11H19NO4. The molecule has 0 radical (unpaired) electrons. The lowest BCUT2D eigenvalue weighted by Crippen LogP contribution is -2.57.